The van der Waals surface area contributed by atoms with Gasteiger partial charge in [0.1, 0.15) is 17.1 Å². The lowest BCUT2D eigenvalue weighted by Crippen LogP contribution is -2.28. The summed E-state index contributed by atoms with van der Waals surface area (Å²) in [5, 5.41) is 4.53. The normalized spacial score (nSPS) is 14.8. The average molecular weight is 456 g/mol. The van der Waals surface area contributed by atoms with Crippen LogP contribution >= 0.6 is 0 Å². The molecular weight excluding hydrogens is 426 g/mol. The zero-order chi connectivity index (χ0) is 23.7. The molecule has 1 saturated heterocycles. The third kappa shape index (κ3) is 4.17. The first-order chi connectivity index (χ1) is 16.5. The quantitative estimate of drug-likeness (QED) is 0.416. The lowest BCUT2D eigenvalue weighted by Gasteiger charge is -2.30. The highest BCUT2D eigenvalue weighted by Gasteiger charge is 2.26. The van der Waals surface area contributed by atoms with E-state index in [1.165, 1.54) is 5.56 Å². The zero-order valence-corrected chi connectivity index (χ0v) is 19.5. The van der Waals surface area contributed by atoms with Crippen molar-refractivity contribution in [1.82, 2.24) is 19.5 Å². The summed E-state index contributed by atoms with van der Waals surface area (Å²) in [6, 6.07) is 15.5. The number of ether oxygens (including phenoxy) is 1. The van der Waals surface area contributed by atoms with Crippen LogP contribution in [0.5, 0.6) is 11.5 Å². The van der Waals surface area contributed by atoms with E-state index in [0.29, 0.717) is 17.3 Å². The van der Waals surface area contributed by atoms with Gasteiger partial charge in [-0.3, -0.25) is 4.79 Å². The highest BCUT2D eigenvalue weighted by Crippen LogP contribution is 2.34. The number of hydrogen-bond acceptors (Lipinski definition) is 4. The minimum absolute atomic E-state index is 0.361. The predicted molar refractivity (Wildman–Crippen MR) is 133 cm³/mol. The molecule has 3 N–H and O–H groups in total. The number of carbonyl (C=O) groups is 1. The first-order valence-corrected chi connectivity index (χ1v) is 11.6. The van der Waals surface area contributed by atoms with E-state index >= 15 is 0 Å². The summed E-state index contributed by atoms with van der Waals surface area (Å²) in [5.74, 6) is 1.37. The van der Waals surface area contributed by atoms with Crippen molar-refractivity contribution in [2.75, 3.05) is 13.1 Å². The van der Waals surface area contributed by atoms with Gasteiger partial charge < -0.3 is 20.4 Å². The van der Waals surface area contributed by atoms with Gasteiger partial charge in [-0.1, -0.05) is 23.8 Å². The third-order valence-electron chi connectivity index (χ3n) is 6.45. The molecule has 1 amide bonds. The highest BCUT2D eigenvalue weighted by molar-refractivity contribution is 5.98. The molecule has 5 rings (SSSR count). The number of aryl methyl sites for hydroxylation is 1. The Morgan fingerprint density at radius 2 is 1.74 bits per heavy atom. The van der Waals surface area contributed by atoms with E-state index in [4.69, 9.17) is 10.5 Å². The van der Waals surface area contributed by atoms with Crippen LogP contribution in [0.1, 0.15) is 47.3 Å². The monoisotopic (exact) mass is 455 g/mol. The van der Waals surface area contributed by atoms with Gasteiger partial charge >= 0.3 is 0 Å². The number of nitrogens with one attached hydrogen (secondary N) is 1. The second-order valence-electron chi connectivity index (χ2n) is 8.81. The molecule has 34 heavy (non-hydrogen) atoms. The fraction of sp³-hybridized carbons (Fsp3) is 0.259. The number of benzene rings is 2. The number of likely N-dealkylation sites (tertiary alicyclic amines) is 1. The van der Waals surface area contributed by atoms with Crippen molar-refractivity contribution in [3.8, 4) is 22.8 Å². The number of fused-ring (bicyclic) bond motifs is 1. The molecule has 7 nitrogen and oxygen atoms in total. The average Bonchev–Trinajstić information content (AvgIpc) is 3.41. The summed E-state index contributed by atoms with van der Waals surface area (Å²) in [6.45, 7) is 6.09. The molecule has 1 aliphatic rings. The van der Waals surface area contributed by atoms with E-state index in [9.17, 15) is 4.79 Å². The summed E-state index contributed by atoms with van der Waals surface area (Å²) >= 11 is 0. The number of hydrogen-bond donors (Lipinski definition) is 2. The summed E-state index contributed by atoms with van der Waals surface area (Å²) in [5.41, 5.74) is 10.8. The van der Waals surface area contributed by atoms with Crippen LogP contribution in [0.2, 0.25) is 0 Å². The Morgan fingerprint density at radius 1 is 1.09 bits per heavy atom. The first kappa shape index (κ1) is 21.8. The maximum Gasteiger partial charge on any atom is 0.269 e. The number of H-pyrrole nitrogens is 1. The van der Waals surface area contributed by atoms with Crippen molar-refractivity contribution in [2.24, 2.45) is 5.73 Å². The Balaban J connectivity index is 1.43. The van der Waals surface area contributed by atoms with Crippen molar-refractivity contribution in [1.29, 1.82) is 0 Å². The van der Waals surface area contributed by atoms with Crippen LogP contribution in [0.3, 0.4) is 0 Å². The Hall–Kier alpha value is -4.00. The van der Waals surface area contributed by atoms with Crippen LogP contribution in [0.25, 0.3) is 16.9 Å². The van der Waals surface area contributed by atoms with Gasteiger partial charge in [0.05, 0.1) is 11.9 Å². The SMILES string of the molecule is CC=CN1CCC(c2cnn3c(C(N)=O)c(-c4ccc(Oc5ccc(C)cc5)cc4)[nH]c23)CC1. The molecular formula is C27H29N5O2. The van der Waals surface area contributed by atoms with Gasteiger partial charge in [0.25, 0.3) is 5.91 Å². The molecule has 2 aromatic carbocycles. The van der Waals surface area contributed by atoms with Crippen molar-refractivity contribution in [3.05, 3.63) is 83.8 Å². The number of nitrogens with zero attached hydrogens (tertiary/aromatic N) is 3. The van der Waals surface area contributed by atoms with E-state index < -0.39 is 5.91 Å². The fourth-order valence-corrected chi connectivity index (χ4v) is 4.68. The van der Waals surface area contributed by atoms with Crippen LogP contribution in [0.4, 0.5) is 0 Å². The van der Waals surface area contributed by atoms with Gasteiger partial charge in [0.2, 0.25) is 0 Å². The van der Waals surface area contributed by atoms with Crippen molar-refractivity contribution < 1.29 is 9.53 Å². The molecule has 0 radical (unpaired) electrons. The van der Waals surface area contributed by atoms with Crippen molar-refractivity contribution in [3.63, 3.8) is 0 Å². The van der Waals surface area contributed by atoms with Gasteiger partial charge in [0, 0.05) is 24.2 Å². The van der Waals surface area contributed by atoms with E-state index in [2.05, 4.69) is 27.3 Å². The number of aromatic nitrogens is 3. The van der Waals surface area contributed by atoms with Crippen LogP contribution in [-0.4, -0.2) is 38.5 Å². The van der Waals surface area contributed by atoms with Crippen molar-refractivity contribution >= 4 is 11.6 Å². The fourth-order valence-electron chi connectivity index (χ4n) is 4.68. The Labute approximate surface area is 198 Å². The van der Waals surface area contributed by atoms with E-state index in [-0.39, 0.29) is 0 Å². The number of carbonyl (C=O) groups excluding carboxylic acids is 1. The molecule has 0 atom stereocenters. The van der Waals surface area contributed by atoms with Gasteiger partial charge in [0.15, 0.2) is 5.69 Å². The van der Waals surface area contributed by atoms with Gasteiger partial charge in [-0.05, 0) is 75.2 Å². The topological polar surface area (TPSA) is 88.7 Å². The molecule has 0 unspecified atom stereocenters. The number of primary amides is 1. The molecule has 174 valence electrons. The van der Waals surface area contributed by atoms with Gasteiger partial charge in [-0.2, -0.15) is 5.10 Å². The molecule has 0 bridgehead atoms. The minimum Gasteiger partial charge on any atom is -0.457 e. The molecule has 0 aliphatic carbocycles. The second-order valence-corrected chi connectivity index (χ2v) is 8.81. The number of piperidine rings is 1. The number of rotatable bonds is 6. The number of amides is 1. The molecule has 2 aromatic heterocycles. The number of nitrogens with two attached hydrogens (primary N) is 1. The Kier molecular flexibility index (Phi) is 5.84. The summed E-state index contributed by atoms with van der Waals surface area (Å²) in [6.07, 6.45) is 8.17. The molecule has 4 aromatic rings. The molecule has 0 saturated carbocycles. The minimum atomic E-state index is -0.515. The number of imidazole rings is 1. The first-order valence-electron chi connectivity index (χ1n) is 11.6. The molecule has 3 heterocycles. The maximum atomic E-state index is 12.4. The zero-order valence-electron chi connectivity index (χ0n) is 19.5. The van der Waals surface area contributed by atoms with Crippen LogP contribution in [0, 0.1) is 6.92 Å². The lowest BCUT2D eigenvalue weighted by molar-refractivity contribution is 0.0994. The highest BCUT2D eigenvalue weighted by atomic mass is 16.5. The molecule has 7 heteroatoms. The van der Waals surface area contributed by atoms with Crippen LogP contribution in [-0.2, 0) is 0 Å². The molecule has 0 spiro atoms. The lowest BCUT2D eigenvalue weighted by atomic mass is 9.91. The molecule has 1 fully saturated rings. The van der Waals surface area contributed by atoms with Gasteiger partial charge in [-0.15, -0.1) is 0 Å². The smallest absolute Gasteiger partial charge is 0.269 e. The summed E-state index contributed by atoms with van der Waals surface area (Å²) in [7, 11) is 0. The Morgan fingerprint density at radius 3 is 2.35 bits per heavy atom. The van der Waals surface area contributed by atoms with Crippen LogP contribution < -0.4 is 10.5 Å². The van der Waals surface area contributed by atoms with Crippen LogP contribution in [0.15, 0.2) is 67.0 Å². The van der Waals surface area contributed by atoms with Crippen molar-refractivity contribution in [2.45, 2.75) is 32.6 Å². The summed E-state index contributed by atoms with van der Waals surface area (Å²) < 4.78 is 7.60. The summed E-state index contributed by atoms with van der Waals surface area (Å²) in [4.78, 5) is 18.2. The second kappa shape index (κ2) is 9.09. The number of allylic oxidation sites excluding steroid dienone is 1. The standard InChI is InChI=1S/C27H29N5O2/c1-3-14-31-15-12-19(13-16-31)23-17-29-32-25(26(28)33)24(30-27(23)32)20-6-10-22(11-7-20)34-21-8-4-18(2)5-9-21/h3-11,14,17,19,30H,12-13,15-16H2,1-2H3,(H2,28,33). The molecule has 1 aliphatic heterocycles. The third-order valence-corrected chi connectivity index (χ3v) is 6.45. The van der Waals surface area contributed by atoms with E-state index in [1.54, 1.807) is 4.52 Å². The van der Waals surface area contributed by atoms with Gasteiger partial charge in [-0.25, -0.2) is 4.52 Å². The predicted octanol–water partition coefficient (Wildman–Crippen LogP) is 5.24. The maximum absolute atomic E-state index is 12.4. The van der Waals surface area contributed by atoms with E-state index in [1.807, 2.05) is 68.6 Å². The van der Waals surface area contributed by atoms with E-state index in [0.717, 1.165) is 54.2 Å². The largest absolute Gasteiger partial charge is 0.457 e. The number of aromatic amines is 1. The Bertz CT molecular complexity index is 1320.